The van der Waals surface area contributed by atoms with Gasteiger partial charge in [0.05, 0.1) is 10.0 Å². The minimum absolute atomic E-state index is 0.552. The van der Waals surface area contributed by atoms with Crippen LogP contribution in [0.1, 0.15) is 18.9 Å². The topological polar surface area (TPSA) is 12.0 Å². The number of halogens is 3. The fourth-order valence-electron chi connectivity index (χ4n) is 2.04. The maximum atomic E-state index is 6.12. The Bertz CT molecular complexity index is 596. The van der Waals surface area contributed by atoms with Gasteiger partial charge in [0.25, 0.3) is 0 Å². The van der Waals surface area contributed by atoms with Crippen molar-refractivity contribution < 1.29 is 0 Å². The number of rotatable bonds is 5. The van der Waals surface area contributed by atoms with Gasteiger partial charge < -0.3 is 5.32 Å². The molecule has 0 bridgehead atoms. The maximum Gasteiger partial charge on any atom is 0.0598 e. The number of hydrogen-bond donors (Lipinski definition) is 1. The molecule has 0 amide bonds. The summed E-state index contributed by atoms with van der Waals surface area (Å²) in [5.74, 6) is 0. The second-order valence-electron chi connectivity index (χ2n) is 4.61. The van der Waals surface area contributed by atoms with E-state index in [1.807, 2.05) is 36.4 Å². The first kappa shape index (κ1) is 15.7. The van der Waals surface area contributed by atoms with E-state index in [9.17, 15) is 0 Å². The van der Waals surface area contributed by atoms with Crippen molar-refractivity contribution in [2.45, 2.75) is 19.9 Å². The normalized spacial score (nSPS) is 10.8. The standard InChI is InChI=1S/C16H16Cl3N/c1-2-7-20-10-12-3-5-13(17)9-14(12)11-4-6-15(18)16(19)8-11/h3-6,8-9,20H,2,7,10H2,1H3. The summed E-state index contributed by atoms with van der Waals surface area (Å²) < 4.78 is 0. The van der Waals surface area contributed by atoms with Gasteiger partial charge in [0.15, 0.2) is 0 Å². The molecular formula is C16H16Cl3N. The highest BCUT2D eigenvalue weighted by Crippen LogP contribution is 2.32. The maximum absolute atomic E-state index is 6.12. The molecule has 0 spiro atoms. The van der Waals surface area contributed by atoms with Crippen LogP contribution in [0.5, 0.6) is 0 Å². The van der Waals surface area contributed by atoms with E-state index >= 15 is 0 Å². The van der Waals surface area contributed by atoms with Crippen molar-refractivity contribution in [1.82, 2.24) is 5.32 Å². The van der Waals surface area contributed by atoms with Crippen molar-refractivity contribution in [3.63, 3.8) is 0 Å². The van der Waals surface area contributed by atoms with E-state index in [1.165, 1.54) is 5.56 Å². The molecule has 2 aromatic rings. The second-order valence-corrected chi connectivity index (χ2v) is 5.86. The Morgan fingerprint density at radius 2 is 1.75 bits per heavy atom. The van der Waals surface area contributed by atoms with E-state index in [0.29, 0.717) is 15.1 Å². The van der Waals surface area contributed by atoms with Gasteiger partial charge in [0.1, 0.15) is 0 Å². The van der Waals surface area contributed by atoms with Crippen molar-refractivity contribution in [3.8, 4) is 11.1 Å². The summed E-state index contributed by atoms with van der Waals surface area (Å²) in [5.41, 5.74) is 3.30. The SMILES string of the molecule is CCCNCc1ccc(Cl)cc1-c1ccc(Cl)c(Cl)c1. The summed E-state index contributed by atoms with van der Waals surface area (Å²) in [6.45, 7) is 3.94. The van der Waals surface area contributed by atoms with Crippen LogP contribution in [0.4, 0.5) is 0 Å². The molecular weight excluding hydrogens is 313 g/mol. The molecule has 20 heavy (non-hydrogen) atoms. The van der Waals surface area contributed by atoms with E-state index in [0.717, 1.165) is 30.6 Å². The van der Waals surface area contributed by atoms with Crippen LogP contribution in [-0.4, -0.2) is 6.54 Å². The lowest BCUT2D eigenvalue weighted by Crippen LogP contribution is -2.14. The van der Waals surface area contributed by atoms with E-state index < -0.39 is 0 Å². The Labute approximate surface area is 134 Å². The first-order chi connectivity index (χ1) is 9.61. The Morgan fingerprint density at radius 3 is 2.45 bits per heavy atom. The molecule has 4 heteroatoms. The van der Waals surface area contributed by atoms with Crippen molar-refractivity contribution in [2.24, 2.45) is 0 Å². The van der Waals surface area contributed by atoms with E-state index in [1.54, 1.807) is 0 Å². The van der Waals surface area contributed by atoms with Crippen LogP contribution in [0, 0.1) is 0 Å². The summed E-state index contributed by atoms with van der Waals surface area (Å²) >= 11 is 18.2. The number of hydrogen-bond acceptors (Lipinski definition) is 1. The van der Waals surface area contributed by atoms with Gasteiger partial charge in [-0.25, -0.2) is 0 Å². The molecule has 0 atom stereocenters. The smallest absolute Gasteiger partial charge is 0.0598 e. The van der Waals surface area contributed by atoms with E-state index in [2.05, 4.69) is 12.2 Å². The monoisotopic (exact) mass is 327 g/mol. The zero-order valence-electron chi connectivity index (χ0n) is 11.2. The zero-order valence-corrected chi connectivity index (χ0v) is 13.5. The van der Waals surface area contributed by atoms with Gasteiger partial charge in [-0.05, 0) is 53.9 Å². The Kier molecular flexibility index (Phi) is 5.74. The highest BCUT2D eigenvalue weighted by Gasteiger charge is 2.08. The van der Waals surface area contributed by atoms with Gasteiger partial charge in [0, 0.05) is 11.6 Å². The molecule has 0 unspecified atom stereocenters. The molecule has 0 fully saturated rings. The lowest BCUT2D eigenvalue weighted by Gasteiger charge is -2.12. The van der Waals surface area contributed by atoms with Crippen LogP contribution in [0.25, 0.3) is 11.1 Å². The highest BCUT2D eigenvalue weighted by atomic mass is 35.5. The van der Waals surface area contributed by atoms with Gasteiger partial charge in [-0.2, -0.15) is 0 Å². The first-order valence-corrected chi connectivity index (χ1v) is 7.69. The number of nitrogens with one attached hydrogen (secondary N) is 1. The molecule has 0 aliphatic heterocycles. The minimum Gasteiger partial charge on any atom is -0.313 e. The van der Waals surface area contributed by atoms with Crippen molar-refractivity contribution in [1.29, 1.82) is 0 Å². The molecule has 1 N–H and O–H groups in total. The molecule has 2 rings (SSSR count). The van der Waals surface area contributed by atoms with E-state index in [4.69, 9.17) is 34.8 Å². The zero-order chi connectivity index (χ0) is 14.5. The Hall–Kier alpha value is -0.730. The highest BCUT2D eigenvalue weighted by molar-refractivity contribution is 6.42. The summed E-state index contributed by atoms with van der Waals surface area (Å²) in [7, 11) is 0. The van der Waals surface area contributed by atoms with Crippen LogP contribution < -0.4 is 5.32 Å². The predicted molar refractivity (Wildman–Crippen MR) is 88.9 cm³/mol. The molecule has 0 heterocycles. The molecule has 0 aliphatic carbocycles. The third-order valence-corrected chi connectivity index (χ3v) is 4.02. The van der Waals surface area contributed by atoms with Crippen molar-refractivity contribution in [3.05, 3.63) is 57.0 Å². The van der Waals surface area contributed by atoms with Crippen LogP contribution in [0.3, 0.4) is 0 Å². The molecule has 0 aliphatic rings. The average Bonchev–Trinajstić information content (AvgIpc) is 2.44. The lowest BCUT2D eigenvalue weighted by molar-refractivity contribution is 0.676. The first-order valence-electron chi connectivity index (χ1n) is 6.56. The molecule has 0 saturated heterocycles. The fourth-order valence-corrected chi connectivity index (χ4v) is 2.51. The Morgan fingerprint density at radius 1 is 0.950 bits per heavy atom. The van der Waals surface area contributed by atoms with Gasteiger partial charge in [-0.1, -0.05) is 53.9 Å². The molecule has 0 saturated carbocycles. The van der Waals surface area contributed by atoms with Gasteiger partial charge in [-0.15, -0.1) is 0 Å². The molecule has 106 valence electrons. The van der Waals surface area contributed by atoms with Crippen LogP contribution >= 0.6 is 34.8 Å². The van der Waals surface area contributed by atoms with Gasteiger partial charge in [-0.3, -0.25) is 0 Å². The largest absolute Gasteiger partial charge is 0.313 e. The third-order valence-electron chi connectivity index (χ3n) is 3.04. The van der Waals surface area contributed by atoms with Crippen LogP contribution in [-0.2, 0) is 6.54 Å². The summed E-state index contributed by atoms with van der Waals surface area (Å²) in [6, 6.07) is 11.6. The lowest BCUT2D eigenvalue weighted by atomic mass is 9.99. The van der Waals surface area contributed by atoms with Crippen molar-refractivity contribution >= 4 is 34.8 Å². The molecule has 0 aromatic heterocycles. The summed E-state index contributed by atoms with van der Waals surface area (Å²) in [5, 5.41) is 5.23. The second kappa shape index (κ2) is 7.33. The van der Waals surface area contributed by atoms with Crippen LogP contribution in [0.15, 0.2) is 36.4 Å². The van der Waals surface area contributed by atoms with E-state index in [-0.39, 0.29) is 0 Å². The number of benzene rings is 2. The third kappa shape index (κ3) is 3.89. The summed E-state index contributed by atoms with van der Waals surface area (Å²) in [4.78, 5) is 0. The quantitative estimate of drug-likeness (QED) is 0.683. The van der Waals surface area contributed by atoms with Crippen LogP contribution in [0.2, 0.25) is 15.1 Å². The van der Waals surface area contributed by atoms with Gasteiger partial charge in [0.2, 0.25) is 0 Å². The molecule has 2 aromatic carbocycles. The van der Waals surface area contributed by atoms with Gasteiger partial charge >= 0.3 is 0 Å². The molecule has 1 nitrogen and oxygen atoms in total. The fraction of sp³-hybridized carbons (Fsp3) is 0.250. The predicted octanol–water partition coefficient (Wildman–Crippen LogP) is 5.81. The van der Waals surface area contributed by atoms with Crippen molar-refractivity contribution in [2.75, 3.05) is 6.54 Å². The molecule has 0 radical (unpaired) electrons. The Balaban J connectivity index is 2.37. The minimum atomic E-state index is 0.552. The summed E-state index contributed by atoms with van der Waals surface area (Å²) in [6.07, 6.45) is 1.11. The average molecular weight is 329 g/mol.